The normalized spacial score (nSPS) is 10.3. The molecule has 0 spiro atoms. The number of halogens is 3. The molecular weight excluding hydrogens is 376 g/mol. The predicted octanol–water partition coefficient (Wildman–Crippen LogP) is 3.50. The Morgan fingerprint density at radius 3 is 2.42 bits per heavy atom. The molecule has 1 aromatic rings. The van der Waals surface area contributed by atoms with Crippen molar-refractivity contribution in [3.8, 4) is 0 Å². The van der Waals surface area contributed by atoms with Gasteiger partial charge in [0.05, 0.1) is 0 Å². The molecule has 1 heterocycles. The quantitative estimate of drug-likeness (QED) is 0.693. The molecule has 0 unspecified atom stereocenters. The van der Waals surface area contributed by atoms with Crippen LogP contribution in [0.1, 0.15) is 0 Å². The second-order valence-electron chi connectivity index (χ2n) is 1.77. The lowest BCUT2D eigenvalue weighted by molar-refractivity contribution is 0.261. The zero-order valence-corrected chi connectivity index (χ0v) is 11.4. The molecule has 0 aromatic carbocycles. The Morgan fingerprint density at radius 2 is 2.08 bits per heavy atom. The van der Waals surface area contributed by atoms with Gasteiger partial charge in [-0.2, -0.15) is 0 Å². The minimum Gasteiger partial charge on any atom is -0.261 e. The highest BCUT2D eigenvalue weighted by molar-refractivity contribution is 9.13. The molecule has 0 fully saturated rings. The van der Waals surface area contributed by atoms with Gasteiger partial charge in [-0.15, -0.1) is 0 Å². The van der Waals surface area contributed by atoms with Gasteiger partial charge in [0, 0.05) is 0 Å². The maximum Gasteiger partial charge on any atom is 0.292 e. The number of rotatable bonds is 0. The molecule has 0 atom stereocenters. The van der Waals surface area contributed by atoms with Gasteiger partial charge in [-0.05, 0) is 54.0 Å². The van der Waals surface area contributed by atoms with Gasteiger partial charge >= 0.3 is 0 Å². The lowest BCUT2D eigenvalue weighted by atomic mass is 10.9. The summed E-state index contributed by atoms with van der Waals surface area (Å²) in [6.45, 7) is 0. The van der Waals surface area contributed by atoms with Crippen LogP contribution in [0, 0.1) is 0 Å². The van der Waals surface area contributed by atoms with Crippen molar-refractivity contribution in [3.63, 3.8) is 0 Å². The monoisotopic (exact) mass is 376 g/mol. The highest BCUT2D eigenvalue weighted by Crippen LogP contribution is 2.28. The van der Waals surface area contributed by atoms with E-state index in [4.69, 9.17) is 0 Å². The third-order valence-corrected chi connectivity index (χ3v) is 3.98. The van der Waals surface area contributed by atoms with E-state index in [-0.39, 0.29) is 5.24 Å². The van der Waals surface area contributed by atoms with Crippen LogP contribution in [0.5, 0.6) is 0 Å². The highest BCUT2D eigenvalue weighted by Gasteiger charge is 2.16. The fraction of sp³-hybridized carbons (Fsp3) is 0.200. The number of nitrogens with zero attached hydrogens (tertiary/aromatic N) is 2. The lowest BCUT2D eigenvalue weighted by Gasteiger charge is -1.99. The third kappa shape index (κ3) is 1.94. The molecule has 0 radical (unpaired) electrons. The van der Waals surface area contributed by atoms with Gasteiger partial charge in [-0.3, -0.25) is 4.79 Å². The van der Waals surface area contributed by atoms with E-state index in [0.717, 1.165) is 11.8 Å². The van der Waals surface area contributed by atoms with Crippen LogP contribution >= 0.6 is 59.6 Å². The Kier molecular flexibility index (Phi) is 3.81. The molecule has 0 aliphatic heterocycles. The van der Waals surface area contributed by atoms with Crippen molar-refractivity contribution in [1.82, 2.24) is 9.55 Å². The van der Waals surface area contributed by atoms with E-state index in [1.54, 1.807) is 6.26 Å². The van der Waals surface area contributed by atoms with Crippen LogP contribution < -0.4 is 0 Å². The van der Waals surface area contributed by atoms with Crippen molar-refractivity contribution in [2.75, 3.05) is 6.26 Å². The number of thioether (sulfide) groups is 1. The van der Waals surface area contributed by atoms with Crippen LogP contribution in [-0.2, 0) is 0 Å². The molecule has 0 amide bonds. The number of hydrogen-bond acceptors (Lipinski definition) is 3. The highest BCUT2D eigenvalue weighted by atomic mass is 79.9. The van der Waals surface area contributed by atoms with Crippen LogP contribution in [0.4, 0.5) is 4.79 Å². The first kappa shape index (κ1) is 10.7. The summed E-state index contributed by atoms with van der Waals surface area (Å²) in [6, 6.07) is 0. The number of imidazole rings is 1. The number of carbonyl (C=O) groups is 1. The number of aromatic nitrogens is 2. The summed E-state index contributed by atoms with van der Waals surface area (Å²) >= 11 is 10.7. The predicted molar refractivity (Wildman–Crippen MR) is 59.6 cm³/mol. The second-order valence-corrected chi connectivity index (χ2v) is 4.74. The van der Waals surface area contributed by atoms with E-state index in [1.165, 1.54) is 4.57 Å². The van der Waals surface area contributed by atoms with Gasteiger partial charge in [0.1, 0.15) is 9.21 Å². The fourth-order valence-corrected chi connectivity index (χ4v) is 2.95. The van der Waals surface area contributed by atoms with Gasteiger partial charge in [0.15, 0.2) is 4.73 Å². The van der Waals surface area contributed by atoms with E-state index in [9.17, 15) is 4.79 Å². The van der Waals surface area contributed by atoms with E-state index in [0.29, 0.717) is 13.9 Å². The fourth-order valence-electron chi connectivity index (χ4n) is 0.597. The van der Waals surface area contributed by atoms with Crippen LogP contribution in [0.3, 0.4) is 0 Å². The van der Waals surface area contributed by atoms with Crippen LogP contribution in [-0.4, -0.2) is 21.0 Å². The molecule has 0 saturated carbocycles. The summed E-state index contributed by atoms with van der Waals surface area (Å²) in [4.78, 5) is 15.3. The molecule has 0 N–H and O–H groups in total. The first-order chi connectivity index (χ1) is 5.57. The molecule has 1 rings (SSSR count). The number of carbonyl (C=O) groups excluding carboxylic acids is 1. The summed E-state index contributed by atoms with van der Waals surface area (Å²) < 4.78 is 3.14. The Hall–Kier alpha value is 0.670. The first-order valence-electron chi connectivity index (χ1n) is 2.75. The Morgan fingerprint density at radius 1 is 1.50 bits per heavy atom. The molecule has 0 bridgehead atoms. The van der Waals surface area contributed by atoms with Crippen molar-refractivity contribution >= 4 is 64.8 Å². The van der Waals surface area contributed by atoms with Crippen LogP contribution in [0.25, 0.3) is 0 Å². The van der Waals surface area contributed by atoms with Crippen LogP contribution in [0.15, 0.2) is 13.9 Å². The van der Waals surface area contributed by atoms with E-state index in [1.807, 2.05) is 0 Å². The van der Waals surface area contributed by atoms with E-state index in [2.05, 4.69) is 52.8 Å². The maximum atomic E-state index is 11.3. The van der Waals surface area contributed by atoms with Gasteiger partial charge < -0.3 is 0 Å². The average molecular weight is 379 g/mol. The standard InChI is InChI=1S/C5H3Br3N2OS/c1-12-5(11)10-3(7)2(6)9-4(10)8/h1H3. The van der Waals surface area contributed by atoms with Crippen molar-refractivity contribution in [3.05, 3.63) is 13.9 Å². The third-order valence-electron chi connectivity index (χ3n) is 1.10. The van der Waals surface area contributed by atoms with Crippen molar-refractivity contribution < 1.29 is 4.79 Å². The van der Waals surface area contributed by atoms with Crippen LogP contribution in [0.2, 0.25) is 0 Å². The lowest BCUT2D eigenvalue weighted by Crippen LogP contribution is -2.04. The van der Waals surface area contributed by atoms with Crippen molar-refractivity contribution in [1.29, 1.82) is 0 Å². The smallest absolute Gasteiger partial charge is 0.261 e. The molecule has 3 nitrogen and oxygen atoms in total. The molecule has 7 heteroatoms. The Bertz CT molecular complexity index is 325. The van der Waals surface area contributed by atoms with Gasteiger partial charge in [-0.1, -0.05) is 11.8 Å². The molecule has 66 valence electrons. The summed E-state index contributed by atoms with van der Waals surface area (Å²) in [6.07, 6.45) is 1.72. The molecule has 0 saturated heterocycles. The maximum absolute atomic E-state index is 11.3. The molecule has 0 aliphatic carbocycles. The molecule has 0 aliphatic rings. The van der Waals surface area contributed by atoms with Gasteiger partial charge in [0.2, 0.25) is 0 Å². The summed E-state index contributed by atoms with van der Waals surface area (Å²) in [5.74, 6) is 0. The second kappa shape index (κ2) is 4.26. The summed E-state index contributed by atoms with van der Waals surface area (Å²) in [5, 5.41) is -0.0908. The minimum absolute atomic E-state index is 0.0908. The first-order valence-corrected chi connectivity index (χ1v) is 6.36. The zero-order chi connectivity index (χ0) is 9.30. The minimum atomic E-state index is -0.0908. The largest absolute Gasteiger partial charge is 0.292 e. The zero-order valence-electron chi connectivity index (χ0n) is 5.84. The molecule has 1 aromatic heterocycles. The molecule has 12 heavy (non-hydrogen) atoms. The number of hydrogen-bond donors (Lipinski definition) is 0. The van der Waals surface area contributed by atoms with Gasteiger partial charge in [-0.25, -0.2) is 9.55 Å². The average Bonchev–Trinajstić information content (AvgIpc) is 2.26. The SMILES string of the molecule is CSC(=O)n1c(Br)nc(Br)c1Br. The van der Waals surface area contributed by atoms with Gasteiger partial charge in [0.25, 0.3) is 5.24 Å². The summed E-state index contributed by atoms with van der Waals surface area (Å²) in [7, 11) is 0. The molecular formula is C5H3Br3N2OS. The Balaban J connectivity index is 3.22. The topological polar surface area (TPSA) is 34.9 Å². The van der Waals surface area contributed by atoms with Crippen molar-refractivity contribution in [2.24, 2.45) is 0 Å². The van der Waals surface area contributed by atoms with Crippen molar-refractivity contribution in [2.45, 2.75) is 0 Å². The van der Waals surface area contributed by atoms with E-state index >= 15 is 0 Å². The Labute approximate surface area is 98.7 Å². The summed E-state index contributed by atoms with van der Waals surface area (Å²) in [5.41, 5.74) is 0. The van der Waals surface area contributed by atoms with E-state index < -0.39 is 0 Å².